The normalized spacial score (nSPS) is 15.9. The highest BCUT2D eigenvalue weighted by Crippen LogP contribution is 2.40. The number of rotatable bonds is 4. The molecule has 0 N–H and O–H groups in total. The molecule has 22 heavy (non-hydrogen) atoms. The molecule has 112 valence electrons. The van der Waals surface area contributed by atoms with Crippen molar-refractivity contribution in [1.29, 1.82) is 0 Å². The zero-order valence-electron chi connectivity index (χ0n) is 11.6. The summed E-state index contributed by atoms with van der Waals surface area (Å²) in [5.41, 5.74) is 0.804. The fourth-order valence-corrected chi connectivity index (χ4v) is 2.41. The third-order valence-electron chi connectivity index (χ3n) is 3.63. The first-order chi connectivity index (χ1) is 10.6. The summed E-state index contributed by atoms with van der Waals surface area (Å²) in [4.78, 5) is 23.7. The molecule has 2 aliphatic rings. The van der Waals surface area contributed by atoms with Gasteiger partial charge in [0.1, 0.15) is 0 Å². The largest absolute Gasteiger partial charge is 0.353 e. The molecular weight excluding hydrogens is 306 g/mol. The topological polar surface area (TPSA) is 74.9 Å². The highest BCUT2D eigenvalue weighted by atomic mass is 35.5. The van der Waals surface area contributed by atoms with Crippen molar-refractivity contribution in [3.05, 3.63) is 39.4 Å². The van der Waals surface area contributed by atoms with Crippen molar-refractivity contribution >= 4 is 28.9 Å². The molecule has 0 spiro atoms. The third kappa shape index (κ3) is 2.33. The summed E-state index contributed by atoms with van der Waals surface area (Å²) >= 11 is 5.90. The second kappa shape index (κ2) is 4.81. The lowest BCUT2D eigenvalue weighted by atomic mass is 10.2. The van der Waals surface area contributed by atoms with E-state index < -0.39 is 0 Å². The number of benzene rings is 1. The molecule has 3 heterocycles. The highest BCUT2D eigenvalue weighted by molar-refractivity contribution is 6.30. The Bertz CT molecular complexity index is 723. The van der Waals surface area contributed by atoms with Crippen LogP contribution in [0.2, 0.25) is 5.02 Å². The third-order valence-corrected chi connectivity index (χ3v) is 3.88. The van der Waals surface area contributed by atoms with E-state index in [0.29, 0.717) is 22.5 Å². The molecule has 0 atom stereocenters. The van der Waals surface area contributed by atoms with Gasteiger partial charge in [0.15, 0.2) is 5.82 Å². The van der Waals surface area contributed by atoms with Gasteiger partial charge in [-0.25, -0.2) is 9.97 Å². The van der Waals surface area contributed by atoms with Crippen LogP contribution in [0.4, 0.5) is 17.3 Å². The maximum Gasteiger partial charge on any atom is 0.353 e. The fraction of sp³-hybridized carbons (Fsp3) is 0.286. The van der Waals surface area contributed by atoms with Gasteiger partial charge in [0.05, 0.1) is 4.92 Å². The van der Waals surface area contributed by atoms with Crippen LogP contribution in [0, 0.1) is 10.1 Å². The summed E-state index contributed by atoms with van der Waals surface area (Å²) in [5.74, 6) is 1.31. The van der Waals surface area contributed by atoms with Crippen molar-refractivity contribution in [3.8, 4) is 11.4 Å². The number of nitrogens with zero attached hydrogens (tertiary/aromatic N) is 5. The zero-order chi connectivity index (χ0) is 15.3. The minimum absolute atomic E-state index is 0.00714. The summed E-state index contributed by atoms with van der Waals surface area (Å²) in [5, 5.41) is 12.1. The zero-order valence-corrected chi connectivity index (χ0v) is 12.3. The van der Waals surface area contributed by atoms with E-state index in [2.05, 4.69) is 9.97 Å². The predicted octanol–water partition coefficient (Wildman–Crippen LogP) is 2.35. The molecule has 0 bridgehead atoms. The van der Waals surface area contributed by atoms with Crippen LogP contribution in [-0.2, 0) is 0 Å². The van der Waals surface area contributed by atoms with Crippen LogP contribution in [0.1, 0.15) is 0 Å². The van der Waals surface area contributed by atoms with Gasteiger partial charge in [-0.15, -0.1) is 0 Å². The average Bonchev–Trinajstić information content (AvgIpc) is 3.40. The molecule has 0 amide bonds. The Kier molecular flexibility index (Phi) is 2.90. The predicted molar refractivity (Wildman–Crippen MR) is 83.6 cm³/mol. The summed E-state index contributed by atoms with van der Waals surface area (Å²) < 4.78 is 0. The SMILES string of the molecule is O=[N+]([O-])c1c(N2CC2)nc(-c2ccc(Cl)cc2)nc1N1CC1. The van der Waals surface area contributed by atoms with Gasteiger partial charge in [-0.3, -0.25) is 10.1 Å². The Balaban J connectivity index is 1.89. The van der Waals surface area contributed by atoms with Crippen LogP contribution in [0.3, 0.4) is 0 Å². The molecule has 2 fully saturated rings. The second-order valence-electron chi connectivity index (χ2n) is 5.28. The first-order valence-electron chi connectivity index (χ1n) is 6.96. The standard InChI is InChI=1S/C14H12ClN5O2/c15-10-3-1-9(2-4-10)12-16-13(18-5-6-18)11(20(21)22)14(17-12)19-7-8-19/h1-4H,5-8H2. The van der Waals surface area contributed by atoms with E-state index in [0.717, 1.165) is 31.7 Å². The van der Waals surface area contributed by atoms with E-state index in [1.54, 1.807) is 12.1 Å². The highest BCUT2D eigenvalue weighted by Gasteiger charge is 2.37. The van der Waals surface area contributed by atoms with Crippen molar-refractivity contribution in [2.24, 2.45) is 0 Å². The number of aromatic nitrogens is 2. The van der Waals surface area contributed by atoms with Gasteiger partial charge in [-0.05, 0) is 24.3 Å². The lowest BCUT2D eigenvalue weighted by molar-refractivity contribution is -0.383. The summed E-state index contributed by atoms with van der Waals surface area (Å²) in [6, 6.07) is 7.16. The van der Waals surface area contributed by atoms with E-state index >= 15 is 0 Å². The summed E-state index contributed by atoms with van der Waals surface area (Å²) in [6.45, 7) is 3.16. The smallest absolute Gasteiger partial charge is 0.347 e. The van der Waals surface area contributed by atoms with E-state index in [1.807, 2.05) is 21.9 Å². The van der Waals surface area contributed by atoms with E-state index in [1.165, 1.54) is 0 Å². The van der Waals surface area contributed by atoms with Gasteiger partial charge < -0.3 is 9.80 Å². The number of anilines is 2. The molecule has 4 rings (SSSR count). The quantitative estimate of drug-likeness (QED) is 0.489. The molecule has 0 aliphatic carbocycles. The van der Waals surface area contributed by atoms with Gasteiger partial charge in [0.25, 0.3) is 0 Å². The summed E-state index contributed by atoms with van der Waals surface area (Å²) in [6.07, 6.45) is 0. The Morgan fingerprint density at radius 1 is 1.00 bits per heavy atom. The average molecular weight is 318 g/mol. The van der Waals surface area contributed by atoms with Crippen LogP contribution in [0.5, 0.6) is 0 Å². The molecule has 0 saturated carbocycles. The second-order valence-corrected chi connectivity index (χ2v) is 5.72. The maximum absolute atomic E-state index is 11.5. The first kappa shape index (κ1) is 13.3. The Morgan fingerprint density at radius 2 is 1.50 bits per heavy atom. The molecule has 1 aromatic carbocycles. The number of hydrogen-bond acceptors (Lipinski definition) is 6. The minimum Gasteiger partial charge on any atom is -0.347 e. The number of halogens is 1. The van der Waals surface area contributed by atoms with Gasteiger partial charge in [-0.2, -0.15) is 0 Å². The molecule has 2 aliphatic heterocycles. The Hall–Kier alpha value is -2.41. The number of hydrogen-bond donors (Lipinski definition) is 0. The van der Waals surface area contributed by atoms with Crippen LogP contribution in [0.15, 0.2) is 24.3 Å². The molecule has 0 unspecified atom stereocenters. The van der Waals surface area contributed by atoms with Crippen molar-refractivity contribution in [3.63, 3.8) is 0 Å². The molecule has 1 aromatic heterocycles. The Morgan fingerprint density at radius 3 is 1.91 bits per heavy atom. The van der Waals surface area contributed by atoms with Crippen molar-refractivity contribution in [1.82, 2.24) is 9.97 Å². The van der Waals surface area contributed by atoms with Gasteiger partial charge in [0.2, 0.25) is 11.6 Å². The number of nitro groups is 1. The lowest BCUT2D eigenvalue weighted by Crippen LogP contribution is -2.09. The molecule has 7 nitrogen and oxygen atoms in total. The molecular formula is C14H12ClN5O2. The van der Waals surface area contributed by atoms with Crippen LogP contribution in [-0.4, -0.2) is 41.1 Å². The molecule has 8 heteroatoms. The maximum atomic E-state index is 11.5. The van der Waals surface area contributed by atoms with Crippen LogP contribution in [0.25, 0.3) is 11.4 Å². The molecule has 2 saturated heterocycles. The Labute approximate surface area is 131 Å². The van der Waals surface area contributed by atoms with Gasteiger partial charge in [-0.1, -0.05) is 11.6 Å². The fourth-order valence-electron chi connectivity index (χ4n) is 2.29. The van der Waals surface area contributed by atoms with Crippen LogP contribution < -0.4 is 9.80 Å². The lowest BCUT2D eigenvalue weighted by Gasteiger charge is -2.11. The monoisotopic (exact) mass is 317 g/mol. The summed E-state index contributed by atoms with van der Waals surface area (Å²) in [7, 11) is 0. The first-order valence-corrected chi connectivity index (χ1v) is 7.33. The minimum atomic E-state index is -0.382. The van der Waals surface area contributed by atoms with E-state index in [4.69, 9.17) is 11.6 Å². The van der Waals surface area contributed by atoms with E-state index in [9.17, 15) is 10.1 Å². The van der Waals surface area contributed by atoms with Gasteiger partial charge >= 0.3 is 5.69 Å². The van der Waals surface area contributed by atoms with Crippen molar-refractivity contribution in [2.75, 3.05) is 36.0 Å². The molecule has 0 radical (unpaired) electrons. The molecule has 2 aromatic rings. The van der Waals surface area contributed by atoms with Crippen LogP contribution >= 0.6 is 11.6 Å². The van der Waals surface area contributed by atoms with Crippen molar-refractivity contribution < 1.29 is 4.92 Å². The van der Waals surface area contributed by atoms with E-state index in [-0.39, 0.29) is 10.6 Å². The van der Waals surface area contributed by atoms with Crippen molar-refractivity contribution in [2.45, 2.75) is 0 Å². The van der Waals surface area contributed by atoms with Gasteiger partial charge in [0, 0.05) is 36.8 Å².